The molecule has 1 aromatic carbocycles. The molecule has 0 aliphatic carbocycles. The number of amides is 1. The number of rotatable bonds is 14. The molecule has 5 nitrogen and oxygen atoms in total. The molecule has 0 saturated carbocycles. The van der Waals surface area contributed by atoms with Gasteiger partial charge in [0.25, 0.3) is 0 Å². The summed E-state index contributed by atoms with van der Waals surface area (Å²) in [6.45, 7) is 14.6. The largest absolute Gasteiger partial charge is 0.357 e. The van der Waals surface area contributed by atoms with Crippen LogP contribution >= 0.6 is 46.6 Å². The third-order valence-corrected chi connectivity index (χ3v) is 6.61. The van der Waals surface area contributed by atoms with E-state index >= 15 is 0 Å². The first-order chi connectivity index (χ1) is 16.3. The van der Waals surface area contributed by atoms with Gasteiger partial charge in [-0.3, -0.25) is 15.0 Å². The smallest absolute Gasteiger partial charge is 0.230 e. The fraction of sp³-hybridized carbons (Fsp3) is 0.423. The molecule has 0 aliphatic rings. The fourth-order valence-electron chi connectivity index (χ4n) is 3.13. The first-order valence-corrected chi connectivity index (χ1v) is 13.4. The maximum atomic E-state index is 12.9. The third kappa shape index (κ3) is 11.2. The van der Waals surface area contributed by atoms with Crippen LogP contribution < -0.4 is 5.32 Å². The van der Waals surface area contributed by atoms with E-state index < -0.39 is 5.78 Å². The van der Waals surface area contributed by atoms with Crippen LogP contribution in [0.25, 0.3) is 0 Å². The Morgan fingerprint density at radius 3 is 2.29 bits per heavy atom. The van der Waals surface area contributed by atoms with E-state index in [4.69, 9.17) is 40.2 Å². The maximum Gasteiger partial charge on any atom is 0.230 e. The van der Waals surface area contributed by atoms with Gasteiger partial charge in [0.05, 0.1) is 21.5 Å². The molecule has 0 radical (unpaired) electrons. The first kappa shape index (κ1) is 31.3. The van der Waals surface area contributed by atoms with Gasteiger partial charge in [-0.05, 0) is 48.6 Å². The van der Waals surface area contributed by atoms with E-state index in [-0.39, 0.29) is 29.9 Å². The molecular weight excluding hydrogens is 525 g/mol. The summed E-state index contributed by atoms with van der Waals surface area (Å²) < 4.78 is 0.500. The van der Waals surface area contributed by atoms with Crippen LogP contribution in [0.3, 0.4) is 0 Å². The number of carbonyl (C=O) groups excluding carboxylic acids is 2. The van der Waals surface area contributed by atoms with E-state index in [0.717, 1.165) is 0 Å². The van der Waals surface area contributed by atoms with Crippen molar-refractivity contribution in [2.24, 2.45) is 11.8 Å². The minimum absolute atomic E-state index is 0.232. The summed E-state index contributed by atoms with van der Waals surface area (Å²) in [5, 5.41) is 12.6. The molecule has 0 saturated heterocycles. The van der Waals surface area contributed by atoms with Crippen LogP contribution in [0.1, 0.15) is 41.0 Å². The Labute approximate surface area is 228 Å². The lowest BCUT2D eigenvalue weighted by Gasteiger charge is -2.26. The molecule has 0 atom stereocenters. The number of benzene rings is 1. The second kappa shape index (κ2) is 15.4. The minimum atomic E-state index is -0.538. The zero-order valence-electron chi connectivity index (χ0n) is 20.9. The average molecular weight is 559 g/mol. The highest BCUT2D eigenvalue weighted by molar-refractivity contribution is 8.04. The molecular formula is C26H34Cl3N3O2S. The first-order valence-electron chi connectivity index (χ1n) is 11.3. The number of carbonyl (C=O) groups is 2. The van der Waals surface area contributed by atoms with E-state index in [1.807, 2.05) is 27.7 Å². The Kier molecular flexibility index (Phi) is 13.8. The van der Waals surface area contributed by atoms with Crippen molar-refractivity contribution in [3.05, 3.63) is 62.6 Å². The Morgan fingerprint density at radius 2 is 1.77 bits per heavy atom. The van der Waals surface area contributed by atoms with Crippen molar-refractivity contribution >= 4 is 69.7 Å². The quantitative estimate of drug-likeness (QED) is 0.139. The van der Waals surface area contributed by atoms with Crippen molar-refractivity contribution in [3.8, 4) is 0 Å². The highest BCUT2D eigenvalue weighted by Gasteiger charge is 2.23. The summed E-state index contributed by atoms with van der Waals surface area (Å²) in [6, 6.07) is 5.01. The summed E-state index contributed by atoms with van der Waals surface area (Å²) in [5.74, 6) is 0.0869. The van der Waals surface area contributed by atoms with Crippen LogP contribution in [0.2, 0.25) is 10.0 Å². The van der Waals surface area contributed by atoms with Crippen molar-refractivity contribution < 1.29 is 9.59 Å². The Balaban J connectivity index is 3.18. The third-order valence-electron chi connectivity index (χ3n) is 4.76. The van der Waals surface area contributed by atoms with E-state index in [1.54, 1.807) is 42.2 Å². The van der Waals surface area contributed by atoms with Gasteiger partial charge in [-0.2, -0.15) is 0 Å². The number of Topliss-reactive ketones (excluding diaryl/α,β-unsaturated/α-hetero) is 1. The van der Waals surface area contributed by atoms with Gasteiger partial charge >= 0.3 is 0 Å². The van der Waals surface area contributed by atoms with Crippen molar-refractivity contribution in [2.45, 2.75) is 41.0 Å². The van der Waals surface area contributed by atoms with Crippen molar-refractivity contribution in [1.82, 2.24) is 4.90 Å². The predicted molar refractivity (Wildman–Crippen MR) is 153 cm³/mol. The molecule has 0 aliphatic heterocycles. The number of nitrogens with one attached hydrogen (secondary N) is 2. The van der Waals surface area contributed by atoms with Crippen molar-refractivity contribution in [3.63, 3.8) is 0 Å². The van der Waals surface area contributed by atoms with Gasteiger partial charge in [0.2, 0.25) is 5.91 Å². The molecule has 2 N–H and O–H groups in total. The van der Waals surface area contributed by atoms with Gasteiger partial charge in [0.1, 0.15) is 5.71 Å². The van der Waals surface area contributed by atoms with Crippen LogP contribution in [0, 0.1) is 17.2 Å². The second-order valence-corrected chi connectivity index (χ2v) is 11.4. The topological polar surface area (TPSA) is 73.3 Å². The van der Waals surface area contributed by atoms with E-state index in [0.29, 0.717) is 50.2 Å². The molecule has 0 aromatic heterocycles. The molecule has 1 rings (SSSR count). The van der Waals surface area contributed by atoms with Gasteiger partial charge in [-0.15, -0.1) is 11.8 Å². The van der Waals surface area contributed by atoms with Crippen LogP contribution in [-0.2, 0) is 9.59 Å². The number of halogens is 3. The zero-order valence-corrected chi connectivity index (χ0v) is 24.0. The summed E-state index contributed by atoms with van der Waals surface area (Å²) in [6.07, 6.45) is 2.88. The van der Waals surface area contributed by atoms with E-state index in [2.05, 4.69) is 11.9 Å². The lowest BCUT2D eigenvalue weighted by atomic mass is 10.0. The van der Waals surface area contributed by atoms with Crippen molar-refractivity contribution in [1.29, 1.82) is 5.41 Å². The zero-order chi connectivity index (χ0) is 26.7. The van der Waals surface area contributed by atoms with Gasteiger partial charge < -0.3 is 10.2 Å². The van der Waals surface area contributed by atoms with Crippen LogP contribution in [-0.4, -0.2) is 41.1 Å². The predicted octanol–water partition coefficient (Wildman–Crippen LogP) is 7.80. The molecule has 9 heteroatoms. The van der Waals surface area contributed by atoms with E-state index in [9.17, 15) is 9.59 Å². The molecule has 0 heterocycles. The monoisotopic (exact) mass is 557 g/mol. The minimum Gasteiger partial charge on any atom is -0.357 e. The van der Waals surface area contributed by atoms with E-state index in [1.165, 1.54) is 11.8 Å². The standard InChI is InChI=1S/C26H34Cl3N3O2S/c1-7-8-24(29)35-15-22(31-21-10-9-19(27)11-20(21)28)18(6)26(30)23(33)12-25(34)32(13-16(2)3)14-17(4)5/h7-11,16-17,30-31H,1,12-15H2,2-6H3/b22-18-,24-8-,30-26?. The maximum absolute atomic E-state index is 12.9. The van der Waals surface area contributed by atoms with Gasteiger partial charge in [-0.1, -0.05) is 75.2 Å². The highest BCUT2D eigenvalue weighted by atomic mass is 35.5. The molecule has 192 valence electrons. The molecule has 1 aromatic rings. The second-order valence-electron chi connectivity index (χ2n) is 8.91. The number of thioether (sulfide) groups is 1. The van der Waals surface area contributed by atoms with Crippen LogP contribution in [0.5, 0.6) is 0 Å². The average Bonchev–Trinajstić information content (AvgIpc) is 2.76. The summed E-state index contributed by atoms with van der Waals surface area (Å²) >= 11 is 19.8. The highest BCUT2D eigenvalue weighted by Crippen LogP contribution is 2.30. The molecule has 35 heavy (non-hydrogen) atoms. The number of hydrogen-bond acceptors (Lipinski definition) is 5. The SMILES string of the molecule is C=C/C=C(/Cl)SC/C(Nc1ccc(Cl)cc1Cl)=C(\C)C(=N)C(=O)CC(=O)N(CC(C)C)CC(C)C. The van der Waals surface area contributed by atoms with Crippen LogP contribution in [0.15, 0.2) is 52.6 Å². The Bertz CT molecular complexity index is 994. The number of nitrogens with zero attached hydrogens (tertiary/aromatic N) is 1. The summed E-state index contributed by atoms with van der Waals surface area (Å²) in [4.78, 5) is 27.5. The summed E-state index contributed by atoms with van der Waals surface area (Å²) in [5.41, 5.74) is 1.32. The lowest BCUT2D eigenvalue weighted by molar-refractivity contribution is -0.134. The van der Waals surface area contributed by atoms with Crippen LogP contribution in [0.4, 0.5) is 5.69 Å². The van der Waals surface area contributed by atoms with Gasteiger partial charge in [0, 0.05) is 29.6 Å². The fourth-order valence-corrected chi connectivity index (χ4v) is 4.60. The molecule has 0 bridgehead atoms. The summed E-state index contributed by atoms with van der Waals surface area (Å²) in [7, 11) is 0. The number of anilines is 1. The number of hydrogen-bond donors (Lipinski definition) is 2. The van der Waals surface area contributed by atoms with Gasteiger partial charge in [0.15, 0.2) is 5.78 Å². The number of ketones is 1. The number of allylic oxidation sites excluding steroid dienone is 3. The molecule has 0 unspecified atom stereocenters. The Morgan fingerprint density at radius 1 is 1.17 bits per heavy atom. The van der Waals surface area contributed by atoms with Gasteiger partial charge in [-0.25, -0.2) is 0 Å². The lowest BCUT2D eigenvalue weighted by Crippen LogP contribution is -2.39. The normalized spacial score (nSPS) is 12.5. The molecule has 0 fully saturated rings. The van der Waals surface area contributed by atoms with Crippen molar-refractivity contribution in [2.75, 3.05) is 24.2 Å². The molecule has 0 spiro atoms. The Hall–Kier alpha value is -1.73. The molecule has 1 amide bonds.